The van der Waals surface area contributed by atoms with Crippen LogP contribution in [0.1, 0.15) is 7.43 Å². The molecule has 0 aromatic carbocycles. The molecular formula is CH12Fe2O4. The van der Waals surface area contributed by atoms with Crippen molar-refractivity contribution in [1.82, 2.24) is 0 Å². The molecule has 56 valence electrons. The van der Waals surface area contributed by atoms with Crippen LogP contribution in [0.25, 0.3) is 0 Å². The van der Waals surface area contributed by atoms with E-state index in [2.05, 4.69) is 0 Å². The van der Waals surface area contributed by atoms with Crippen molar-refractivity contribution in [3.8, 4) is 0 Å². The van der Waals surface area contributed by atoms with E-state index in [9.17, 15) is 0 Å². The Kier molecular flexibility index (Phi) is 21200. The summed E-state index contributed by atoms with van der Waals surface area (Å²) < 4.78 is 0. The maximum atomic E-state index is 0. The zero-order chi connectivity index (χ0) is 0. The Hall–Kier alpha value is 0.879. The van der Waals surface area contributed by atoms with E-state index < -0.39 is 0 Å². The molecule has 0 aromatic rings. The molecule has 6 heteroatoms. The Bertz CT molecular complexity index is 9.65. The van der Waals surface area contributed by atoms with E-state index in [4.69, 9.17) is 0 Å². The molecule has 0 aliphatic rings. The van der Waals surface area contributed by atoms with Crippen LogP contribution in [-0.4, -0.2) is 21.9 Å². The van der Waals surface area contributed by atoms with E-state index >= 15 is 0 Å². The molecule has 0 heterocycles. The molecule has 0 spiro atoms. The summed E-state index contributed by atoms with van der Waals surface area (Å²) in [6.45, 7) is 0. The summed E-state index contributed by atoms with van der Waals surface area (Å²) in [5, 5.41) is 0. The van der Waals surface area contributed by atoms with Crippen LogP contribution in [0.4, 0.5) is 0 Å². The molecule has 0 bridgehead atoms. The molecule has 0 unspecified atom stereocenters. The first-order valence-corrected chi connectivity index (χ1v) is 0. The van der Waals surface area contributed by atoms with E-state index in [1.807, 2.05) is 0 Å². The number of hydrogen-bond donors (Lipinski definition) is 0. The Balaban J connectivity index is 0. The molecule has 0 saturated carbocycles. The minimum absolute atomic E-state index is 0. The number of rotatable bonds is 0. The van der Waals surface area contributed by atoms with Gasteiger partial charge in [0.15, 0.2) is 0 Å². The molecular weight excluding hydrogens is 188 g/mol. The molecule has 0 radical (unpaired) electrons. The predicted molar refractivity (Wildman–Crippen MR) is 21.2 cm³/mol. The summed E-state index contributed by atoms with van der Waals surface area (Å²) >= 11 is 0. The van der Waals surface area contributed by atoms with Crippen LogP contribution >= 0.6 is 0 Å². The molecule has 4 nitrogen and oxygen atoms in total. The van der Waals surface area contributed by atoms with Crippen molar-refractivity contribution in [3.63, 3.8) is 0 Å². The zero-order valence-electron chi connectivity index (χ0n) is 2.71. The van der Waals surface area contributed by atoms with Crippen LogP contribution in [0.5, 0.6) is 0 Å². The summed E-state index contributed by atoms with van der Waals surface area (Å²) in [5.41, 5.74) is 0. The first-order valence-electron chi connectivity index (χ1n) is 0. The topological polar surface area (TPSA) is 126 Å². The van der Waals surface area contributed by atoms with Gasteiger partial charge in [-0.15, -0.1) is 0 Å². The maximum Gasteiger partial charge on any atom is 0 e. The first-order chi connectivity index (χ1) is 0. The molecule has 0 fully saturated rings. The molecule has 0 aliphatic carbocycles. The van der Waals surface area contributed by atoms with Gasteiger partial charge in [-0.25, -0.2) is 0 Å². The van der Waals surface area contributed by atoms with Crippen molar-refractivity contribution in [2.24, 2.45) is 0 Å². The average molecular weight is 200 g/mol. The fraction of sp³-hybridized carbons (Fsp3) is 1.00. The summed E-state index contributed by atoms with van der Waals surface area (Å²) in [6.07, 6.45) is 0. The van der Waals surface area contributed by atoms with E-state index in [0.29, 0.717) is 0 Å². The third kappa shape index (κ3) is 212. The Morgan fingerprint density at radius 1 is 0.429 bits per heavy atom. The van der Waals surface area contributed by atoms with Crippen molar-refractivity contribution < 1.29 is 56.0 Å². The molecule has 0 aliphatic heterocycles. The summed E-state index contributed by atoms with van der Waals surface area (Å²) in [4.78, 5) is 0. The van der Waals surface area contributed by atoms with Gasteiger partial charge in [-0.05, 0) is 0 Å². The van der Waals surface area contributed by atoms with E-state index in [1.165, 1.54) is 0 Å². The van der Waals surface area contributed by atoms with E-state index in [0.717, 1.165) is 0 Å². The SMILES string of the molecule is C.O.O.O.O.[Fe].[Fe]. The quantitative estimate of drug-likeness (QED) is 0.378. The second-order valence-electron chi connectivity index (χ2n) is 0. The van der Waals surface area contributed by atoms with Gasteiger partial charge in [0, 0.05) is 34.1 Å². The molecule has 0 atom stereocenters. The van der Waals surface area contributed by atoms with Crippen molar-refractivity contribution in [1.29, 1.82) is 0 Å². The second-order valence-corrected chi connectivity index (χ2v) is 0. The van der Waals surface area contributed by atoms with Crippen LogP contribution in [0, 0.1) is 0 Å². The minimum atomic E-state index is 0. The van der Waals surface area contributed by atoms with Crippen molar-refractivity contribution >= 4 is 0 Å². The van der Waals surface area contributed by atoms with Gasteiger partial charge in [0.05, 0.1) is 0 Å². The molecule has 8 N–H and O–H groups in total. The second kappa shape index (κ2) is 308. The fourth-order valence-corrected chi connectivity index (χ4v) is 0. The maximum absolute atomic E-state index is 0. The standard InChI is InChI=1S/CH4.2Fe.4H2O/h1H4;;;4*1H2. The van der Waals surface area contributed by atoms with E-state index in [1.54, 1.807) is 0 Å². The van der Waals surface area contributed by atoms with Gasteiger partial charge in [-0.1, -0.05) is 7.43 Å². The monoisotopic (exact) mass is 200 g/mol. The van der Waals surface area contributed by atoms with E-state index in [-0.39, 0.29) is 63.5 Å². The normalized spacial score (nSPS) is 0. The van der Waals surface area contributed by atoms with Gasteiger partial charge in [-0.3, -0.25) is 0 Å². The van der Waals surface area contributed by atoms with Gasteiger partial charge in [-0.2, -0.15) is 0 Å². The Morgan fingerprint density at radius 2 is 0.429 bits per heavy atom. The predicted octanol–water partition coefficient (Wildman–Crippen LogP) is -2.67. The van der Waals surface area contributed by atoms with Crippen LogP contribution in [0.2, 0.25) is 0 Å². The fourth-order valence-electron chi connectivity index (χ4n) is 0. The van der Waals surface area contributed by atoms with Crippen molar-refractivity contribution in [2.75, 3.05) is 0 Å². The zero-order valence-corrected chi connectivity index (χ0v) is 4.92. The summed E-state index contributed by atoms with van der Waals surface area (Å²) in [5.74, 6) is 0. The van der Waals surface area contributed by atoms with Crippen molar-refractivity contribution in [2.45, 2.75) is 7.43 Å². The summed E-state index contributed by atoms with van der Waals surface area (Å²) in [6, 6.07) is 0. The van der Waals surface area contributed by atoms with Gasteiger partial charge in [0.2, 0.25) is 0 Å². The Morgan fingerprint density at radius 3 is 0.429 bits per heavy atom. The Labute approximate surface area is 63.9 Å². The third-order valence-corrected chi connectivity index (χ3v) is 0. The molecule has 7 heavy (non-hydrogen) atoms. The van der Waals surface area contributed by atoms with Crippen LogP contribution in [-0.2, 0) is 34.1 Å². The molecule has 0 aromatic heterocycles. The van der Waals surface area contributed by atoms with Gasteiger partial charge in [0.1, 0.15) is 0 Å². The minimum Gasteiger partial charge on any atom is -0.412 e. The van der Waals surface area contributed by atoms with Crippen LogP contribution in [0.15, 0.2) is 0 Å². The van der Waals surface area contributed by atoms with Crippen LogP contribution in [0.3, 0.4) is 0 Å². The van der Waals surface area contributed by atoms with Crippen LogP contribution < -0.4 is 0 Å². The van der Waals surface area contributed by atoms with Gasteiger partial charge < -0.3 is 21.9 Å². The largest absolute Gasteiger partial charge is 0.412 e. The molecule has 0 saturated heterocycles. The molecule has 0 rings (SSSR count). The summed E-state index contributed by atoms with van der Waals surface area (Å²) in [7, 11) is 0. The van der Waals surface area contributed by atoms with Gasteiger partial charge in [0.25, 0.3) is 0 Å². The number of hydrogen-bond acceptors (Lipinski definition) is 0. The average Bonchev–Trinajstić information content (AvgIpc) is 0. The smallest absolute Gasteiger partial charge is 0 e. The van der Waals surface area contributed by atoms with Gasteiger partial charge >= 0.3 is 0 Å². The molecule has 0 amide bonds. The first kappa shape index (κ1) is 483. The third-order valence-electron chi connectivity index (χ3n) is 0. The van der Waals surface area contributed by atoms with Crippen molar-refractivity contribution in [3.05, 3.63) is 0 Å².